The van der Waals surface area contributed by atoms with Gasteiger partial charge < -0.3 is 14.6 Å². The SMILES string of the molecule is COc1cccc(C(=O)O)c1OCc1nnsc1Cl. The second kappa shape index (κ2) is 5.85. The van der Waals surface area contributed by atoms with Crippen LogP contribution in [0.15, 0.2) is 18.2 Å². The van der Waals surface area contributed by atoms with Crippen LogP contribution in [0.5, 0.6) is 11.5 Å². The van der Waals surface area contributed by atoms with Crippen LogP contribution in [0.3, 0.4) is 0 Å². The molecule has 0 aliphatic rings. The van der Waals surface area contributed by atoms with Crippen LogP contribution in [0.4, 0.5) is 0 Å². The summed E-state index contributed by atoms with van der Waals surface area (Å²) in [5.74, 6) is -0.628. The zero-order valence-electron chi connectivity index (χ0n) is 9.79. The number of ether oxygens (including phenoxy) is 2. The maximum atomic E-state index is 11.1. The molecule has 0 radical (unpaired) electrons. The molecule has 8 heteroatoms. The molecule has 0 amide bonds. The maximum Gasteiger partial charge on any atom is 0.339 e. The van der Waals surface area contributed by atoms with E-state index in [1.807, 2.05) is 0 Å². The Bertz CT molecular complexity index is 602. The summed E-state index contributed by atoms with van der Waals surface area (Å²) in [7, 11) is 1.44. The quantitative estimate of drug-likeness (QED) is 0.913. The minimum Gasteiger partial charge on any atom is -0.493 e. The summed E-state index contributed by atoms with van der Waals surface area (Å²) in [5, 5.41) is 12.9. The van der Waals surface area contributed by atoms with Crippen LogP contribution >= 0.6 is 23.1 Å². The summed E-state index contributed by atoms with van der Waals surface area (Å²) in [6.07, 6.45) is 0. The number of benzene rings is 1. The molecule has 1 aromatic heterocycles. The van der Waals surface area contributed by atoms with Gasteiger partial charge in [0.1, 0.15) is 22.2 Å². The predicted molar refractivity (Wildman–Crippen MR) is 69.2 cm³/mol. The van der Waals surface area contributed by atoms with Gasteiger partial charge in [-0.1, -0.05) is 22.2 Å². The summed E-state index contributed by atoms with van der Waals surface area (Å²) in [5.41, 5.74) is 0.465. The van der Waals surface area contributed by atoms with Crippen LogP contribution < -0.4 is 9.47 Å². The molecule has 0 spiro atoms. The Labute approximate surface area is 117 Å². The highest BCUT2D eigenvalue weighted by Gasteiger charge is 2.17. The van der Waals surface area contributed by atoms with Gasteiger partial charge in [-0.25, -0.2) is 4.79 Å². The highest BCUT2D eigenvalue weighted by Crippen LogP contribution is 2.32. The van der Waals surface area contributed by atoms with Gasteiger partial charge >= 0.3 is 5.97 Å². The molecule has 0 unspecified atom stereocenters. The first-order chi connectivity index (χ1) is 9.13. The summed E-state index contributed by atoms with van der Waals surface area (Å²) in [6.45, 7) is 0.0238. The van der Waals surface area contributed by atoms with Crippen molar-refractivity contribution in [3.63, 3.8) is 0 Å². The van der Waals surface area contributed by atoms with Gasteiger partial charge in [0.2, 0.25) is 0 Å². The van der Waals surface area contributed by atoms with Gasteiger partial charge in [-0.3, -0.25) is 0 Å². The van der Waals surface area contributed by atoms with Crippen LogP contribution in [0, 0.1) is 0 Å². The molecule has 19 heavy (non-hydrogen) atoms. The fourth-order valence-corrected chi connectivity index (χ4v) is 2.02. The van der Waals surface area contributed by atoms with Gasteiger partial charge in [-0.05, 0) is 12.1 Å². The van der Waals surface area contributed by atoms with Crippen molar-refractivity contribution in [2.24, 2.45) is 0 Å². The van der Waals surface area contributed by atoms with Crippen LogP contribution in [-0.2, 0) is 6.61 Å². The standard InChI is InChI=1S/C11H9ClN2O4S/c1-17-8-4-2-3-6(11(15)16)9(8)18-5-7-10(12)19-14-13-7/h2-4H,5H2,1H3,(H,15,16). The van der Waals surface area contributed by atoms with E-state index in [1.54, 1.807) is 12.1 Å². The van der Waals surface area contributed by atoms with E-state index in [9.17, 15) is 4.79 Å². The number of hydrogen-bond donors (Lipinski definition) is 1. The molecular formula is C11H9ClN2O4S. The number of rotatable bonds is 5. The predicted octanol–water partition coefficient (Wildman–Crippen LogP) is 2.48. The lowest BCUT2D eigenvalue weighted by Crippen LogP contribution is -2.05. The van der Waals surface area contributed by atoms with Crippen molar-refractivity contribution < 1.29 is 19.4 Å². The number of carbonyl (C=O) groups is 1. The fraction of sp³-hybridized carbons (Fsp3) is 0.182. The lowest BCUT2D eigenvalue weighted by molar-refractivity contribution is 0.0690. The summed E-state index contributed by atoms with van der Waals surface area (Å²) < 4.78 is 14.6. The monoisotopic (exact) mass is 300 g/mol. The van der Waals surface area contributed by atoms with Crippen molar-refractivity contribution in [2.75, 3.05) is 7.11 Å². The molecular weight excluding hydrogens is 292 g/mol. The van der Waals surface area contributed by atoms with Crippen LogP contribution in [0.1, 0.15) is 16.1 Å². The second-order valence-corrected chi connectivity index (χ2v) is 4.78. The molecule has 2 rings (SSSR count). The van der Waals surface area contributed by atoms with Crippen molar-refractivity contribution in [3.8, 4) is 11.5 Å². The Hall–Kier alpha value is -1.86. The summed E-state index contributed by atoms with van der Waals surface area (Å²) >= 11 is 6.88. The zero-order chi connectivity index (χ0) is 13.8. The number of aromatic carboxylic acids is 1. The molecule has 1 N–H and O–H groups in total. The lowest BCUT2D eigenvalue weighted by Gasteiger charge is -2.12. The first-order valence-corrected chi connectivity index (χ1v) is 6.28. The zero-order valence-corrected chi connectivity index (χ0v) is 11.4. The molecule has 0 bridgehead atoms. The van der Waals surface area contributed by atoms with Crippen molar-refractivity contribution in [3.05, 3.63) is 33.8 Å². The van der Waals surface area contributed by atoms with Crippen molar-refractivity contribution in [1.82, 2.24) is 9.59 Å². The molecule has 0 fully saturated rings. The average Bonchev–Trinajstić information content (AvgIpc) is 2.81. The topological polar surface area (TPSA) is 81.5 Å². The summed E-state index contributed by atoms with van der Waals surface area (Å²) in [4.78, 5) is 11.1. The van der Waals surface area contributed by atoms with Gasteiger partial charge in [-0.15, -0.1) is 5.10 Å². The van der Waals surface area contributed by atoms with E-state index >= 15 is 0 Å². The Morgan fingerprint density at radius 2 is 2.32 bits per heavy atom. The van der Waals surface area contributed by atoms with Gasteiger partial charge in [0, 0.05) is 11.5 Å². The Balaban J connectivity index is 2.28. The lowest BCUT2D eigenvalue weighted by atomic mass is 10.2. The molecule has 0 atom stereocenters. The van der Waals surface area contributed by atoms with Crippen molar-refractivity contribution >= 4 is 29.1 Å². The largest absolute Gasteiger partial charge is 0.493 e. The highest BCUT2D eigenvalue weighted by atomic mass is 35.5. The molecule has 0 aliphatic carbocycles. The van der Waals surface area contributed by atoms with Crippen LogP contribution in [0.2, 0.25) is 4.34 Å². The van der Waals surface area contributed by atoms with Gasteiger partial charge in [0.15, 0.2) is 11.5 Å². The first kappa shape index (κ1) is 13.6. The molecule has 6 nitrogen and oxygen atoms in total. The van der Waals surface area contributed by atoms with Crippen LogP contribution in [-0.4, -0.2) is 27.8 Å². The molecule has 1 heterocycles. The minimum atomic E-state index is -1.10. The molecule has 2 aromatic rings. The van der Waals surface area contributed by atoms with Crippen molar-refractivity contribution in [1.29, 1.82) is 0 Å². The first-order valence-electron chi connectivity index (χ1n) is 5.13. The van der Waals surface area contributed by atoms with E-state index in [0.717, 1.165) is 11.5 Å². The maximum absolute atomic E-state index is 11.1. The fourth-order valence-electron chi connectivity index (χ4n) is 1.42. The Morgan fingerprint density at radius 3 is 2.89 bits per heavy atom. The number of hydrogen-bond acceptors (Lipinski definition) is 6. The number of carboxylic acids is 1. The number of para-hydroxylation sites is 1. The van der Waals surface area contributed by atoms with Crippen molar-refractivity contribution in [2.45, 2.75) is 6.61 Å². The summed E-state index contributed by atoms with van der Waals surface area (Å²) in [6, 6.07) is 4.62. The normalized spacial score (nSPS) is 10.2. The number of halogens is 1. The smallest absolute Gasteiger partial charge is 0.339 e. The third-order valence-electron chi connectivity index (χ3n) is 2.29. The third kappa shape index (κ3) is 2.94. The second-order valence-electron chi connectivity index (χ2n) is 3.42. The van der Waals surface area contributed by atoms with Crippen LogP contribution in [0.25, 0.3) is 0 Å². The highest BCUT2D eigenvalue weighted by molar-refractivity contribution is 7.10. The van der Waals surface area contributed by atoms with Gasteiger partial charge in [0.25, 0.3) is 0 Å². The Morgan fingerprint density at radius 1 is 1.53 bits per heavy atom. The van der Waals surface area contributed by atoms with E-state index < -0.39 is 5.97 Å². The molecule has 0 saturated heterocycles. The van der Waals surface area contributed by atoms with E-state index in [-0.39, 0.29) is 17.9 Å². The Kier molecular flexibility index (Phi) is 4.18. The van der Waals surface area contributed by atoms with Gasteiger partial charge in [0.05, 0.1) is 7.11 Å². The van der Waals surface area contributed by atoms with E-state index in [0.29, 0.717) is 15.8 Å². The van der Waals surface area contributed by atoms with E-state index in [2.05, 4.69) is 9.59 Å². The molecule has 100 valence electrons. The number of aromatic nitrogens is 2. The van der Waals surface area contributed by atoms with Gasteiger partial charge in [-0.2, -0.15) is 0 Å². The van der Waals surface area contributed by atoms with E-state index in [1.165, 1.54) is 13.2 Å². The number of nitrogens with zero attached hydrogens (tertiary/aromatic N) is 2. The average molecular weight is 301 g/mol. The minimum absolute atomic E-state index is 0.0126. The number of methoxy groups -OCH3 is 1. The molecule has 1 aromatic carbocycles. The molecule has 0 saturated carbocycles. The number of carboxylic acid groups (broad SMARTS) is 1. The van der Waals surface area contributed by atoms with E-state index in [4.69, 9.17) is 26.2 Å². The molecule has 0 aliphatic heterocycles. The third-order valence-corrected chi connectivity index (χ3v) is 3.28.